The molecule has 0 saturated carbocycles. The first kappa shape index (κ1) is 11.1. The standard InChI is InChI=1S/C8H14O4/c1-6(9)3-4-12-8(11)5-7(2)10/h7,10H,3-5H2,1-2H3/t7-/m1/s1. The lowest BCUT2D eigenvalue weighted by Gasteiger charge is -2.04. The Labute approximate surface area is 71.5 Å². The number of aliphatic hydroxyl groups is 1. The SMILES string of the molecule is CC(=O)CCOC(=O)C[C@@H](C)O. The van der Waals surface area contributed by atoms with Crippen molar-refractivity contribution in [2.75, 3.05) is 6.61 Å². The largest absolute Gasteiger partial charge is 0.465 e. The molecule has 4 heteroatoms. The molecule has 1 N–H and O–H groups in total. The predicted molar refractivity (Wildman–Crippen MR) is 42.6 cm³/mol. The van der Waals surface area contributed by atoms with Gasteiger partial charge in [0.05, 0.1) is 19.1 Å². The van der Waals surface area contributed by atoms with Crippen LogP contribution < -0.4 is 0 Å². The van der Waals surface area contributed by atoms with Crippen molar-refractivity contribution in [3.63, 3.8) is 0 Å². The zero-order valence-electron chi connectivity index (χ0n) is 7.37. The van der Waals surface area contributed by atoms with E-state index in [0.717, 1.165) is 0 Å². The molecule has 70 valence electrons. The highest BCUT2D eigenvalue weighted by Crippen LogP contribution is 1.94. The number of esters is 1. The molecule has 0 aliphatic carbocycles. The topological polar surface area (TPSA) is 63.6 Å². The highest BCUT2D eigenvalue weighted by molar-refractivity contribution is 5.76. The van der Waals surface area contributed by atoms with Gasteiger partial charge >= 0.3 is 5.97 Å². The van der Waals surface area contributed by atoms with Crippen LogP contribution in [0.1, 0.15) is 26.7 Å². The molecular formula is C8H14O4. The van der Waals surface area contributed by atoms with Crippen molar-refractivity contribution in [1.29, 1.82) is 0 Å². The third kappa shape index (κ3) is 7.21. The molecule has 0 unspecified atom stereocenters. The van der Waals surface area contributed by atoms with E-state index in [2.05, 4.69) is 4.74 Å². The van der Waals surface area contributed by atoms with Gasteiger partial charge in [-0.05, 0) is 13.8 Å². The smallest absolute Gasteiger partial charge is 0.308 e. The maximum absolute atomic E-state index is 10.7. The molecule has 4 nitrogen and oxygen atoms in total. The van der Waals surface area contributed by atoms with Gasteiger partial charge in [-0.3, -0.25) is 9.59 Å². The van der Waals surface area contributed by atoms with Crippen LogP contribution >= 0.6 is 0 Å². The van der Waals surface area contributed by atoms with Gasteiger partial charge in [0.15, 0.2) is 0 Å². The second-order valence-electron chi connectivity index (χ2n) is 2.73. The van der Waals surface area contributed by atoms with Crippen molar-refractivity contribution in [2.45, 2.75) is 32.8 Å². The van der Waals surface area contributed by atoms with E-state index in [4.69, 9.17) is 5.11 Å². The number of carbonyl (C=O) groups excluding carboxylic acids is 2. The fourth-order valence-electron chi connectivity index (χ4n) is 0.609. The number of aliphatic hydroxyl groups excluding tert-OH is 1. The van der Waals surface area contributed by atoms with E-state index < -0.39 is 12.1 Å². The van der Waals surface area contributed by atoms with E-state index in [1.54, 1.807) is 0 Å². The van der Waals surface area contributed by atoms with Gasteiger partial charge in [0.1, 0.15) is 5.78 Å². The summed E-state index contributed by atoms with van der Waals surface area (Å²) in [6.45, 7) is 3.05. The molecule has 0 spiro atoms. The summed E-state index contributed by atoms with van der Waals surface area (Å²) in [5.41, 5.74) is 0. The molecule has 0 amide bonds. The van der Waals surface area contributed by atoms with Gasteiger partial charge in [-0.15, -0.1) is 0 Å². The normalized spacial score (nSPS) is 12.2. The molecular weight excluding hydrogens is 160 g/mol. The molecule has 0 saturated heterocycles. The molecule has 0 rings (SSSR count). The number of hydrogen-bond donors (Lipinski definition) is 1. The third-order valence-corrected chi connectivity index (χ3v) is 1.18. The molecule has 0 aromatic rings. The summed E-state index contributed by atoms with van der Waals surface area (Å²) in [7, 11) is 0. The minimum Gasteiger partial charge on any atom is -0.465 e. The fraction of sp³-hybridized carbons (Fsp3) is 0.750. The van der Waals surface area contributed by atoms with Gasteiger partial charge in [0, 0.05) is 6.42 Å². The van der Waals surface area contributed by atoms with Gasteiger partial charge < -0.3 is 9.84 Å². The van der Waals surface area contributed by atoms with E-state index in [0.29, 0.717) is 0 Å². The predicted octanol–water partition coefficient (Wildman–Crippen LogP) is 0.280. The number of hydrogen-bond acceptors (Lipinski definition) is 4. The third-order valence-electron chi connectivity index (χ3n) is 1.18. The van der Waals surface area contributed by atoms with Gasteiger partial charge in [-0.25, -0.2) is 0 Å². The van der Waals surface area contributed by atoms with Crippen LogP contribution in [0, 0.1) is 0 Å². The first-order valence-corrected chi connectivity index (χ1v) is 3.85. The molecule has 0 heterocycles. The number of Topliss-reactive ketones (excluding diaryl/α,β-unsaturated/α-hetero) is 1. The first-order valence-electron chi connectivity index (χ1n) is 3.85. The summed E-state index contributed by atoms with van der Waals surface area (Å²) >= 11 is 0. The Morgan fingerprint density at radius 1 is 1.50 bits per heavy atom. The molecule has 12 heavy (non-hydrogen) atoms. The minimum atomic E-state index is -0.685. The summed E-state index contributed by atoms with van der Waals surface area (Å²) < 4.78 is 4.64. The van der Waals surface area contributed by atoms with E-state index in [9.17, 15) is 9.59 Å². The fourth-order valence-corrected chi connectivity index (χ4v) is 0.609. The average Bonchev–Trinajstić information content (AvgIpc) is 1.84. The zero-order valence-corrected chi connectivity index (χ0v) is 7.37. The van der Waals surface area contributed by atoms with E-state index >= 15 is 0 Å². The summed E-state index contributed by atoms with van der Waals surface area (Å²) in [4.78, 5) is 21.1. The van der Waals surface area contributed by atoms with Gasteiger partial charge in [0.2, 0.25) is 0 Å². The average molecular weight is 174 g/mol. The first-order chi connectivity index (χ1) is 5.52. The number of carbonyl (C=O) groups is 2. The van der Waals surface area contributed by atoms with Crippen LogP contribution in [0.3, 0.4) is 0 Å². The molecule has 0 radical (unpaired) electrons. The molecule has 0 bridgehead atoms. The lowest BCUT2D eigenvalue weighted by atomic mass is 10.3. The molecule has 0 aromatic heterocycles. The maximum Gasteiger partial charge on any atom is 0.308 e. The summed E-state index contributed by atoms with van der Waals surface area (Å²) in [6, 6.07) is 0. The lowest BCUT2D eigenvalue weighted by Crippen LogP contribution is -2.14. The molecule has 0 aliphatic heterocycles. The van der Waals surface area contributed by atoms with Gasteiger partial charge in [-0.1, -0.05) is 0 Å². The van der Waals surface area contributed by atoms with Crippen LogP contribution in [0.25, 0.3) is 0 Å². The zero-order chi connectivity index (χ0) is 9.56. The Balaban J connectivity index is 3.38. The Kier molecular flexibility index (Phi) is 5.28. The van der Waals surface area contributed by atoms with Crippen molar-refractivity contribution in [1.82, 2.24) is 0 Å². The van der Waals surface area contributed by atoms with E-state index in [1.807, 2.05) is 0 Å². The van der Waals surface area contributed by atoms with Crippen molar-refractivity contribution >= 4 is 11.8 Å². The Bertz CT molecular complexity index is 162. The maximum atomic E-state index is 10.7. The van der Waals surface area contributed by atoms with Crippen LogP contribution in [0.15, 0.2) is 0 Å². The van der Waals surface area contributed by atoms with Crippen molar-refractivity contribution < 1.29 is 19.4 Å². The van der Waals surface area contributed by atoms with E-state index in [-0.39, 0.29) is 25.2 Å². The number of ketones is 1. The molecule has 0 aliphatic rings. The van der Waals surface area contributed by atoms with Crippen LogP contribution in [0.2, 0.25) is 0 Å². The number of ether oxygens (including phenoxy) is 1. The van der Waals surface area contributed by atoms with Crippen LogP contribution in [0.5, 0.6) is 0 Å². The second kappa shape index (κ2) is 5.71. The second-order valence-corrected chi connectivity index (χ2v) is 2.73. The van der Waals surface area contributed by atoms with Crippen LogP contribution in [-0.4, -0.2) is 29.6 Å². The number of rotatable bonds is 5. The Hall–Kier alpha value is -0.900. The quantitative estimate of drug-likeness (QED) is 0.608. The van der Waals surface area contributed by atoms with Gasteiger partial charge in [-0.2, -0.15) is 0 Å². The van der Waals surface area contributed by atoms with Crippen molar-refractivity contribution in [2.24, 2.45) is 0 Å². The van der Waals surface area contributed by atoms with E-state index in [1.165, 1.54) is 13.8 Å². The monoisotopic (exact) mass is 174 g/mol. The summed E-state index contributed by atoms with van der Waals surface area (Å²) in [5, 5.41) is 8.76. The lowest BCUT2D eigenvalue weighted by molar-refractivity contribution is -0.146. The van der Waals surface area contributed by atoms with Crippen molar-refractivity contribution in [3.05, 3.63) is 0 Å². The molecule has 0 fully saturated rings. The minimum absolute atomic E-state index is 0.0140. The highest BCUT2D eigenvalue weighted by atomic mass is 16.5. The summed E-state index contributed by atoms with van der Waals surface area (Å²) in [6.07, 6.45) is -0.460. The summed E-state index contributed by atoms with van der Waals surface area (Å²) in [5.74, 6) is -0.480. The Morgan fingerprint density at radius 2 is 2.08 bits per heavy atom. The highest BCUT2D eigenvalue weighted by Gasteiger charge is 2.06. The van der Waals surface area contributed by atoms with Crippen molar-refractivity contribution in [3.8, 4) is 0 Å². The molecule has 1 atom stereocenters. The van der Waals surface area contributed by atoms with Crippen LogP contribution in [-0.2, 0) is 14.3 Å². The van der Waals surface area contributed by atoms with Crippen LogP contribution in [0.4, 0.5) is 0 Å². The Morgan fingerprint density at radius 3 is 2.50 bits per heavy atom. The van der Waals surface area contributed by atoms with Gasteiger partial charge in [0.25, 0.3) is 0 Å². The molecule has 0 aromatic carbocycles.